The lowest BCUT2D eigenvalue weighted by Crippen LogP contribution is -2.46. The van der Waals surface area contributed by atoms with Gasteiger partial charge in [-0.15, -0.1) is 0 Å². The predicted molar refractivity (Wildman–Crippen MR) is 85.0 cm³/mol. The second-order valence-electron chi connectivity index (χ2n) is 6.06. The van der Waals surface area contributed by atoms with Gasteiger partial charge in [0.2, 0.25) is 5.96 Å². The second kappa shape index (κ2) is 11.1. The van der Waals surface area contributed by atoms with Crippen LogP contribution in [0.5, 0.6) is 0 Å². The molecule has 0 aliphatic rings. The molecule has 0 amide bonds. The number of hydrogen-bond acceptors (Lipinski definition) is 2. The van der Waals surface area contributed by atoms with Gasteiger partial charge in [-0.25, -0.2) is 5.84 Å². The van der Waals surface area contributed by atoms with E-state index in [0.29, 0.717) is 11.8 Å². The lowest BCUT2D eigenvalue weighted by molar-refractivity contribution is 0.343. The van der Waals surface area contributed by atoms with Crippen LogP contribution in [-0.2, 0) is 0 Å². The third kappa shape index (κ3) is 9.77. The molecule has 0 saturated heterocycles. The van der Waals surface area contributed by atoms with Crippen LogP contribution >= 0.6 is 0 Å². The maximum Gasteiger partial charge on any atom is 0.208 e. The van der Waals surface area contributed by atoms with Crippen molar-refractivity contribution in [3.05, 3.63) is 0 Å². The molecule has 4 nitrogen and oxygen atoms in total. The third-order valence-corrected chi connectivity index (χ3v) is 3.15. The molecule has 0 unspecified atom stereocenters. The molecule has 0 fully saturated rings. The first-order chi connectivity index (χ1) is 9.01. The average molecular weight is 270 g/mol. The Morgan fingerprint density at radius 3 is 2.00 bits per heavy atom. The van der Waals surface area contributed by atoms with Crippen molar-refractivity contribution in [3.63, 3.8) is 0 Å². The highest BCUT2D eigenvalue weighted by atomic mass is 15.4. The predicted octanol–water partition coefficient (Wildman–Crippen LogP) is 3.00. The van der Waals surface area contributed by atoms with E-state index < -0.39 is 0 Å². The number of nitrogens with zero attached hydrogens (tertiary/aromatic N) is 2. The Morgan fingerprint density at radius 1 is 1.11 bits per heavy atom. The standard InChI is InChI=1S/C15H34N4/c1-6-7-10-17-15(18-16)19(11-8-13(2)3)12-9-14(4)5/h13-14H,6-12,16H2,1-5H3,(H,17,18). The van der Waals surface area contributed by atoms with Gasteiger partial charge >= 0.3 is 0 Å². The topological polar surface area (TPSA) is 53.6 Å². The Hall–Kier alpha value is -0.770. The molecule has 114 valence electrons. The van der Waals surface area contributed by atoms with Crippen molar-refractivity contribution in [2.75, 3.05) is 19.6 Å². The van der Waals surface area contributed by atoms with Gasteiger partial charge in [-0.2, -0.15) is 0 Å². The van der Waals surface area contributed by atoms with Gasteiger partial charge < -0.3 is 4.90 Å². The van der Waals surface area contributed by atoms with E-state index >= 15 is 0 Å². The molecular weight excluding hydrogens is 236 g/mol. The highest BCUT2D eigenvalue weighted by Crippen LogP contribution is 2.07. The van der Waals surface area contributed by atoms with Gasteiger partial charge in [-0.05, 0) is 31.1 Å². The van der Waals surface area contributed by atoms with Crippen LogP contribution in [0.4, 0.5) is 0 Å². The van der Waals surface area contributed by atoms with Gasteiger partial charge in [-0.3, -0.25) is 10.4 Å². The lowest BCUT2D eigenvalue weighted by Gasteiger charge is -2.27. The molecule has 0 radical (unpaired) electrons. The molecule has 19 heavy (non-hydrogen) atoms. The van der Waals surface area contributed by atoms with Crippen LogP contribution in [0.1, 0.15) is 60.3 Å². The quantitative estimate of drug-likeness (QED) is 0.223. The van der Waals surface area contributed by atoms with E-state index in [9.17, 15) is 0 Å². The molecule has 0 spiro atoms. The minimum atomic E-state index is 0.705. The summed E-state index contributed by atoms with van der Waals surface area (Å²) in [5, 5.41) is 0. The highest BCUT2D eigenvalue weighted by Gasteiger charge is 2.11. The van der Waals surface area contributed by atoms with E-state index in [1.54, 1.807) is 0 Å². The molecule has 0 bridgehead atoms. The molecule has 0 aromatic carbocycles. The van der Waals surface area contributed by atoms with E-state index in [1.807, 2.05) is 0 Å². The van der Waals surface area contributed by atoms with Gasteiger partial charge in [0.15, 0.2) is 0 Å². The smallest absolute Gasteiger partial charge is 0.208 e. The lowest BCUT2D eigenvalue weighted by atomic mass is 10.1. The second-order valence-corrected chi connectivity index (χ2v) is 6.06. The van der Waals surface area contributed by atoms with Crippen LogP contribution in [0.15, 0.2) is 4.99 Å². The van der Waals surface area contributed by atoms with Crippen LogP contribution in [-0.4, -0.2) is 30.5 Å². The molecule has 0 aliphatic heterocycles. The molecule has 3 N–H and O–H groups in total. The number of nitrogens with two attached hydrogens (primary N) is 1. The number of aliphatic imine (C=N–C) groups is 1. The fourth-order valence-corrected chi connectivity index (χ4v) is 1.73. The summed E-state index contributed by atoms with van der Waals surface area (Å²) < 4.78 is 0. The van der Waals surface area contributed by atoms with E-state index in [0.717, 1.165) is 32.0 Å². The molecule has 0 aromatic heterocycles. The summed E-state index contributed by atoms with van der Waals surface area (Å²) in [5.74, 6) is 7.91. The molecule has 0 aromatic rings. The minimum Gasteiger partial charge on any atom is -0.342 e. The Kier molecular flexibility index (Phi) is 10.6. The van der Waals surface area contributed by atoms with Crippen molar-refractivity contribution in [2.24, 2.45) is 22.7 Å². The first-order valence-electron chi connectivity index (χ1n) is 7.77. The van der Waals surface area contributed by atoms with Crippen LogP contribution in [0.25, 0.3) is 0 Å². The Morgan fingerprint density at radius 2 is 1.63 bits per heavy atom. The first-order valence-corrected chi connectivity index (χ1v) is 7.77. The fraction of sp³-hybridized carbons (Fsp3) is 0.933. The van der Waals surface area contributed by atoms with Gasteiger partial charge in [0.05, 0.1) is 0 Å². The summed E-state index contributed by atoms with van der Waals surface area (Å²) in [6, 6.07) is 0. The van der Waals surface area contributed by atoms with Crippen LogP contribution in [0.3, 0.4) is 0 Å². The van der Waals surface area contributed by atoms with Crippen molar-refractivity contribution < 1.29 is 0 Å². The molecule has 4 heteroatoms. The average Bonchev–Trinajstić information content (AvgIpc) is 2.35. The Balaban J connectivity index is 4.50. The van der Waals surface area contributed by atoms with E-state index in [4.69, 9.17) is 5.84 Å². The highest BCUT2D eigenvalue weighted by molar-refractivity contribution is 5.79. The summed E-state index contributed by atoms with van der Waals surface area (Å²) in [6.07, 6.45) is 4.63. The van der Waals surface area contributed by atoms with Gasteiger partial charge in [0, 0.05) is 19.6 Å². The van der Waals surface area contributed by atoms with Crippen molar-refractivity contribution in [1.29, 1.82) is 0 Å². The maximum absolute atomic E-state index is 5.65. The van der Waals surface area contributed by atoms with Crippen LogP contribution in [0.2, 0.25) is 0 Å². The fourth-order valence-electron chi connectivity index (χ4n) is 1.73. The van der Waals surface area contributed by atoms with Gasteiger partial charge in [0.1, 0.15) is 0 Å². The zero-order valence-corrected chi connectivity index (χ0v) is 13.6. The summed E-state index contributed by atoms with van der Waals surface area (Å²) in [5.41, 5.74) is 2.78. The summed E-state index contributed by atoms with van der Waals surface area (Å²) in [4.78, 5) is 6.90. The molecule has 0 aliphatic carbocycles. The number of unbranched alkanes of at least 4 members (excludes halogenated alkanes) is 1. The van der Waals surface area contributed by atoms with Gasteiger partial charge in [0.25, 0.3) is 0 Å². The van der Waals surface area contributed by atoms with E-state index in [2.05, 4.69) is 49.9 Å². The number of hydrogen-bond donors (Lipinski definition) is 2. The zero-order chi connectivity index (χ0) is 14.7. The van der Waals surface area contributed by atoms with E-state index in [1.165, 1.54) is 19.3 Å². The summed E-state index contributed by atoms with van der Waals surface area (Å²) >= 11 is 0. The summed E-state index contributed by atoms with van der Waals surface area (Å²) in [6.45, 7) is 14.1. The number of rotatable bonds is 9. The number of guanidine groups is 1. The third-order valence-electron chi connectivity index (χ3n) is 3.15. The van der Waals surface area contributed by atoms with Crippen LogP contribution in [0, 0.1) is 11.8 Å². The van der Waals surface area contributed by atoms with Crippen molar-refractivity contribution in [2.45, 2.75) is 60.3 Å². The molecule has 0 rings (SSSR count). The SMILES string of the molecule is CCCCN=C(NN)N(CCC(C)C)CCC(C)C. The Bertz CT molecular complexity index is 224. The number of hydrazine groups is 1. The van der Waals surface area contributed by atoms with Crippen molar-refractivity contribution >= 4 is 5.96 Å². The number of nitrogens with one attached hydrogen (secondary N) is 1. The van der Waals surface area contributed by atoms with Gasteiger partial charge in [-0.1, -0.05) is 41.0 Å². The largest absolute Gasteiger partial charge is 0.342 e. The normalized spacial score (nSPS) is 12.3. The van der Waals surface area contributed by atoms with Crippen LogP contribution < -0.4 is 11.3 Å². The monoisotopic (exact) mass is 270 g/mol. The molecular formula is C15H34N4. The first kappa shape index (κ1) is 18.2. The molecule has 0 saturated carbocycles. The summed E-state index contributed by atoms with van der Waals surface area (Å²) in [7, 11) is 0. The minimum absolute atomic E-state index is 0.705. The molecule has 0 atom stereocenters. The molecule has 0 heterocycles. The van der Waals surface area contributed by atoms with E-state index in [-0.39, 0.29) is 0 Å². The Labute approximate surface area is 119 Å². The zero-order valence-electron chi connectivity index (χ0n) is 13.6. The van der Waals surface area contributed by atoms with Crippen molar-refractivity contribution in [1.82, 2.24) is 10.3 Å². The van der Waals surface area contributed by atoms with Crippen molar-refractivity contribution in [3.8, 4) is 0 Å². The maximum atomic E-state index is 5.65.